The zero-order chi connectivity index (χ0) is 8.39. The summed E-state index contributed by atoms with van der Waals surface area (Å²) in [4.78, 5) is 0. The van der Waals surface area contributed by atoms with Gasteiger partial charge in [-0.3, -0.25) is 0 Å². The number of fused-ring (bicyclic) bond motifs is 1. The number of hydrogen-bond acceptors (Lipinski definition) is 1. The van der Waals surface area contributed by atoms with Gasteiger partial charge in [-0.15, -0.1) is 12.6 Å². The van der Waals surface area contributed by atoms with Gasteiger partial charge in [-0.1, -0.05) is 23.9 Å². The molecule has 2 rings (SSSR count). The number of benzene rings is 1. The van der Waals surface area contributed by atoms with Crippen molar-refractivity contribution in [2.45, 2.75) is 0 Å². The summed E-state index contributed by atoms with van der Waals surface area (Å²) in [5.74, 6) is 0.858. The fraction of sp³-hybridized carbons (Fsp3) is 0.200. The Hall–Kier alpha value is -0.843. The Balaban J connectivity index is 0.000000845. The minimum atomic E-state index is 0. The molecule has 2 nitrogen and oxygen atoms in total. The molecule has 13 heavy (non-hydrogen) atoms. The van der Waals surface area contributed by atoms with Crippen molar-refractivity contribution in [2.75, 3.05) is 13.7 Å². The van der Waals surface area contributed by atoms with E-state index >= 15 is 0 Å². The minimum absolute atomic E-state index is 0. The third-order valence-corrected chi connectivity index (χ3v) is 1.90. The van der Waals surface area contributed by atoms with Crippen molar-refractivity contribution in [3.05, 3.63) is 35.2 Å². The molecular formula is C10H10LiNO. The van der Waals surface area contributed by atoms with Crippen molar-refractivity contribution in [3.63, 3.8) is 0 Å². The quantitative estimate of drug-likeness (QED) is 0.528. The third-order valence-electron chi connectivity index (χ3n) is 1.90. The van der Waals surface area contributed by atoms with Gasteiger partial charge in [0.15, 0.2) is 0 Å². The standard InChI is InChI=1S/C10H10NO.Li/c1-12-9-6-2-4-8-5-3-7-11-10(8)9;/h2-6H,7H2,1H3;/q-1;+1. The van der Waals surface area contributed by atoms with Gasteiger partial charge in [-0.2, -0.15) is 0 Å². The first-order valence-corrected chi connectivity index (χ1v) is 3.93. The Labute approximate surface area is 90.2 Å². The number of hydrogen-bond donors (Lipinski definition) is 0. The van der Waals surface area contributed by atoms with Crippen molar-refractivity contribution >= 4 is 11.8 Å². The van der Waals surface area contributed by atoms with Gasteiger partial charge in [0.05, 0.1) is 7.11 Å². The second-order valence-electron chi connectivity index (χ2n) is 2.64. The molecule has 3 heteroatoms. The maximum atomic E-state index is 5.18. The second-order valence-corrected chi connectivity index (χ2v) is 2.64. The summed E-state index contributed by atoms with van der Waals surface area (Å²) in [5, 5.41) is 4.35. The molecule has 0 unspecified atom stereocenters. The van der Waals surface area contributed by atoms with E-state index in [1.54, 1.807) is 7.11 Å². The smallest absolute Gasteiger partial charge is 0.678 e. The molecular weight excluding hydrogens is 157 g/mol. The van der Waals surface area contributed by atoms with Crippen LogP contribution in [0.4, 0.5) is 5.69 Å². The van der Waals surface area contributed by atoms with Crippen molar-refractivity contribution < 1.29 is 23.6 Å². The molecule has 0 amide bonds. The zero-order valence-electron chi connectivity index (χ0n) is 7.95. The average molecular weight is 167 g/mol. The first-order chi connectivity index (χ1) is 5.92. The normalized spacial score (nSPS) is 12.4. The molecule has 1 aliphatic heterocycles. The van der Waals surface area contributed by atoms with Crippen LogP contribution in [0.5, 0.6) is 5.75 Å². The van der Waals surface area contributed by atoms with Crippen LogP contribution in [0.25, 0.3) is 11.4 Å². The molecule has 0 N–H and O–H groups in total. The largest absolute Gasteiger partial charge is 1.00 e. The van der Waals surface area contributed by atoms with Gasteiger partial charge in [0.25, 0.3) is 0 Å². The van der Waals surface area contributed by atoms with Crippen LogP contribution in [-0.4, -0.2) is 13.7 Å². The third kappa shape index (κ3) is 1.91. The summed E-state index contributed by atoms with van der Waals surface area (Å²) in [6.07, 6.45) is 4.12. The molecule has 1 heterocycles. The van der Waals surface area contributed by atoms with Crippen molar-refractivity contribution in [1.29, 1.82) is 0 Å². The Morgan fingerprint density at radius 1 is 1.38 bits per heavy atom. The summed E-state index contributed by atoms with van der Waals surface area (Å²) < 4.78 is 5.18. The molecule has 0 aliphatic carbocycles. The fourth-order valence-corrected chi connectivity index (χ4v) is 1.33. The Bertz CT molecular complexity index is 323. The first-order valence-electron chi connectivity index (χ1n) is 3.93. The Morgan fingerprint density at radius 2 is 2.23 bits per heavy atom. The summed E-state index contributed by atoms with van der Waals surface area (Å²) in [6, 6.07) is 5.95. The SMILES string of the molecule is COc1cccc2c1[N-]CC=C2.[Li+]. The van der Waals surface area contributed by atoms with Crippen LogP contribution in [0, 0.1) is 0 Å². The van der Waals surface area contributed by atoms with Crippen LogP contribution in [0.15, 0.2) is 24.3 Å². The van der Waals surface area contributed by atoms with Gasteiger partial charge < -0.3 is 10.1 Å². The molecule has 0 bridgehead atoms. The van der Waals surface area contributed by atoms with Crippen LogP contribution in [0.3, 0.4) is 0 Å². The first kappa shape index (κ1) is 10.2. The second kappa shape index (κ2) is 4.41. The van der Waals surface area contributed by atoms with E-state index in [4.69, 9.17) is 4.74 Å². The molecule has 0 aromatic heterocycles. The number of ether oxygens (including phenoxy) is 1. The van der Waals surface area contributed by atoms with Crippen LogP contribution >= 0.6 is 0 Å². The summed E-state index contributed by atoms with van der Waals surface area (Å²) >= 11 is 0. The predicted octanol–water partition coefficient (Wildman–Crippen LogP) is -0.269. The van der Waals surface area contributed by atoms with Crippen LogP contribution in [0.2, 0.25) is 0 Å². The predicted molar refractivity (Wildman–Crippen MR) is 49.9 cm³/mol. The van der Waals surface area contributed by atoms with E-state index in [1.165, 1.54) is 0 Å². The summed E-state index contributed by atoms with van der Waals surface area (Å²) in [6.45, 7) is 0.757. The molecule has 1 aromatic rings. The van der Waals surface area contributed by atoms with Gasteiger partial charge in [0.2, 0.25) is 0 Å². The number of para-hydroxylation sites is 1. The topological polar surface area (TPSA) is 23.3 Å². The molecule has 0 fully saturated rings. The maximum Gasteiger partial charge on any atom is 1.00 e. The molecule has 0 spiro atoms. The molecule has 0 saturated heterocycles. The Morgan fingerprint density at radius 3 is 3.00 bits per heavy atom. The van der Waals surface area contributed by atoms with Crippen LogP contribution < -0.4 is 23.6 Å². The zero-order valence-corrected chi connectivity index (χ0v) is 7.95. The molecule has 62 valence electrons. The monoisotopic (exact) mass is 167 g/mol. The molecule has 0 atom stereocenters. The van der Waals surface area contributed by atoms with Gasteiger partial charge >= 0.3 is 18.9 Å². The number of nitrogens with zero attached hydrogens (tertiary/aromatic N) is 1. The van der Waals surface area contributed by atoms with E-state index in [2.05, 4.69) is 11.4 Å². The van der Waals surface area contributed by atoms with Gasteiger partial charge in [-0.05, 0) is 11.6 Å². The van der Waals surface area contributed by atoms with Crippen molar-refractivity contribution in [2.24, 2.45) is 0 Å². The minimum Gasteiger partial charge on any atom is -0.678 e. The number of methoxy groups -OCH3 is 1. The van der Waals surface area contributed by atoms with Crippen LogP contribution in [-0.2, 0) is 0 Å². The maximum absolute atomic E-state index is 5.18. The number of rotatable bonds is 1. The molecule has 0 saturated carbocycles. The molecule has 0 radical (unpaired) electrons. The van der Waals surface area contributed by atoms with E-state index in [1.807, 2.05) is 24.3 Å². The van der Waals surface area contributed by atoms with Crippen molar-refractivity contribution in [3.8, 4) is 5.75 Å². The average Bonchev–Trinajstić information content (AvgIpc) is 2.17. The van der Waals surface area contributed by atoms with Crippen molar-refractivity contribution in [1.82, 2.24) is 0 Å². The van der Waals surface area contributed by atoms with Gasteiger partial charge in [-0.25, -0.2) is 0 Å². The molecule has 1 aromatic carbocycles. The summed E-state index contributed by atoms with van der Waals surface area (Å²) in [7, 11) is 1.67. The fourth-order valence-electron chi connectivity index (χ4n) is 1.33. The van der Waals surface area contributed by atoms with Gasteiger partial charge in [0, 0.05) is 0 Å². The van der Waals surface area contributed by atoms with Gasteiger partial charge in [0.1, 0.15) is 5.75 Å². The molecule has 1 aliphatic rings. The van der Waals surface area contributed by atoms with E-state index in [0.29, 0.717) is 0 Å². The van der Waals surface area contributed by atoms with E-state index in [0.717, 1.165) is 23.5 Å². The Kier molecular flexibility index (Phi) is 3.47. The van der Waals surface area contributed by atoms with E-state index < -0.39 is 0 Å². The van der Waals surface area contributed by atoms with E-state index in [-0.39, 0.29) is 18.9 Å². The van der Waals surface area contributed by atoms with Crippen LogP contribution in [0.1, 0.15) is 5.56 Å². The summed E-state index contributed by atoms with van der Waals surface area (Å²) in [5.41, 5.74) is 2.11. The van der Waals surface area contributed by atoms with E-state index in [9.17, 15) is 0 Å².